The number of anilines is 2. The number of nitrogen functional groups attached to an aromatic ring is 1. The zero-order chi connectivity index (χ0) is 10.8. The molecular weight excluding hydrogens is 198 g/mol. The van der Waals surface area contributed by atoms with E-state index in [1.165, 1.54) is 0 Å². The second kappa shape index (κ2) is 4.04. The molecule has 1 aliphatic rings. The van der Waals surface area contributed by atoms with E-state index in [2.05, 4.69) is 0 Å². The molecule has 0 unspecified atom stereocenters. The van der Waals surface area contributed by atoms with Crippen molar-refractivity contribution in [1.29, 1.82) is 0 Å². The SMILES string of the molecule is Nc1cccc2c1CCCN2CC(F)F. The molecule has 0 atom stereocenters. The molecule has 0 bridgehead atoms. The number of halogens is 2. The Balaban J connectivity index is 2.30. The molecule has 0 saturated heterocycles. The van der Waals surface area contributed by atoms with Crippen LogP contribution in [0.15, 0.2) is 18.2 Å². The Labute approximate surface area is 87.7 Å². The number of fused-ring (bicyclic) bond motifs is 1. The van der Waals surface area contributed by atoms with Gasteiger partial charge in [0.05, 0.1) is 6.54 Å². The molecule has 82 valence electrons. The number of nitrogens with two attached hydrogens (primary N) is 1. The Bertz CT molecular complexity index is 352. The van der Waals surface area contributed by atoms with Gasteiger partial charge in [-0.25, -0.2) is 8.78 Å². The summed E-state index contributed by atoms with van der Waals surface area (Å²) in [6.07, 6.45) is -0.507. The van der Waals surface area contributed by atoms with E-state index < -0.39 is 6.43 Å². The van der Waals surface area contributed by atoms with E-state index in [1.54, 1.807) is 4.90 Å². The zero-order valence-electron chi connectivity index (χ0n) is 8.42. The number of benzene rings is 1. The van der Waals surface area contributed by atoms with Gasteiger partial charge in [-0.1, -0.05) is 6.07 Å². The molecule has 1 aromatic rings. The molecule has 0 amide bonds. The third-order valence-corrected chi connectivity index (χ3v) is 2.74. The smallest absolute Gasteiger partial charge is 0.255 e. The van der Waals surface area contributed by atoms with Crippen molar-refractivity contribution in [3.05, 3.63) is 23.8 Å². The number of nitrogens with zero attached hydrogens (tertiary/aromatic N) is 1. The van der Waals surface area contributed by atoms with Crippen LogP contribution in [0, 0.1) is 0 Å². The molecule has 1 aliphatic heterocycles. The van der Waals surface area contributed by atoms with Crippen LogP contribution in [0.4, 0.5) is 20.2 Å². The summed E-state index contributed by atoms with van der Waals surface area (Å²) in [6.45, 7) is 0.497. The lowest BCUT2D eigenvalue weighted by Crippen LogP contribution is -2.33. The fraction of sp³-hybridized carbons (Fsp3) is 0.455. The standard InChI is InChI=1S/C11H14F2N2/c12-11(13)7-15-6-2-3-8-9(14)4-1-5-10(8)15/h1,4-5,11H,2-3,6-7,14H2. The van der Waals surface area contributed by atoms with Gasteiger partial charge in [0.2, 0.25) is 0 Å². The molecular formula is C11H14F2N2. The zero-order valence-corrected chi connectivity index (χ0v) is 8.42. The molecule has 0 saturated carbocycles. The van der Waals surface area contributed by atoms with E-state index in [9.17, 15) is 8.78 Å². The molecule has 1 aromatic carbocycles. The summed E-state index contributed by atoms with van der Waals surface area (Å²) in [5.41, 5.74) is 8.43. The van der Waals surface area contributed by atoms with E-state index in [1.807, 2.05) is 18.2 Å². The first-order valence-electron chi connectivity index (χ1n) is 5.09. The quantitative estimate of drug-likeness (QED) is 0.762. The van der Waals surface area contributed by atoms with Gasteiger partial charge in [-0.15, -0.1) is 0 Å². The van der Waals surface area contributed by atoms with E-state index >= 15 is 0 Å². The number of hydrogen-bond acceptors (Lipinski definition) is 2. The molecule has 2 N–H and O–H groups in total. The van der Waals surface area contributed by atoms with Crippen molar-refractivity contribution < 1.29 is 8.78 Å². The van der Waals surface area contributed by atoms with Gasteiger partial charge in [0, 0.05) is 17.9 Å². The van der Waals surface area contributed by atoms with Crippen LogP contribution < -0.4 is 10.6 Å². The predicted molar refractivity (Wildman–Crippen MR) is 57.4 cm³/mol. The summed E-state index contributed by atoms with van der Waals surface area (Å²) in [7, 11) is 0. The van der Waals surface area contributed by atoms with Crippen molar-refractivity contribution in [3.63, 3.8) is 0 Å². The highest BCUT2D eigenvalue weighted by atomic mass is 19.3. The molecule has 15 heavy (non-hydrogen) atoms. The van der Waals surface area contributed by atoms with Gasteiger partial charge in [-0.2, -0.15) is 0 Å². The topological polar surface area (TPSA) is 29.3 Å². The van der Waals surface area contributed by atoms with Crippen molar-refractivity contribution in [2.75, 3.05) is 23.7 Å². The van der Waals surface area contributed by atoms with Gasteiger partial charge in [0.25, 0.3) is 6.43 Å². The highest BCUT2D eigenvalue weighted by Crippen LogP contribution is 2.31. The van der Waals surface area contributed by atoms with Crippen LogP contribution >= 0.6 is 0 Å². The van der Waals surface area contributed by atoms with Crippen molar-refractivity contribution in [2.45, 2.75) is 19.3 Å². The first-order valence-corrected chi connectivity index (χ1v) is 5.09. The highest BCUT2D eigenvalue weighted by molar-refractivity contribution is 5.66. The monoisotopic (exact) mass is 212 g/mol. The van der Waals surface area contributed by atoms with E-state index in [0.29, 0.717) is 12.2 Å². The normalized spacial score (nSPS) is 15.5. The lowest BCUT2D eigenvalue weighted by molar-refractivity contribution is 0.154. The molecule has 4 heteroatoms. The Morgan fingerprint density at radius 2 is 2.20 bits per heavy atom. The van der Waals surface area contributed by atoms with E-state index in [0.717, 1.165) is 24.1 Å². The number of alkyl halides is 2. The van der Waals surface area contributed by atoms with Crippen LogP contribution in [-0.4, -0.2) is 19.5 Å². The Morgan fingerprint density at radius 3 is 2.93 bits per heavy atom. The second-order valence-electron chi connectivity index (χ2n) is 3.79. The van der Waals surface area contributed by atoms with Gasteiger partial charge >= 0.3 is 0 Å². The predicted octanol–water partition coefficient (Wildman–Crippen LogP) is 2.29. The van der Waals surface area contributed by atoms with Crippen LogP contribution in [0.25, 0.3) is 0 Å². The maximum atomic E-state index is 12.3. The Morgan fingerprint density at radius 1 is 1.40 bits per heavy atom. The van der Waals surface area contributed by atoms with Gasteiger partial charge in [0.15, 0.2) is 0 Å². The molecule has 0 fully saturated rings. The Hall–Kier alpha value is -1.32. The summed E-state index contributed by atoms with van der Waals surface area (Å²) < 4.78 is 24.7. The average Bonchev–Trinajstić information content (AvgIpc) is 2.19. The summed E-state index contributed by atoms with van der Waals surface area (Å²) in [4.78, 5) is 1.72. The molecule has 0 aromatic heterocycles. The van der Waals surface area contributed by atoms with Gasteiger partial charge in [-0.05, 0) is 30.5 Å². The van der Waals surface area contributed by atoms with Gasteiger partial charge in [-0.3, -0.25) is 0 Å². The van der Waals surface area contributed by atoms with Gasteiger partial charge in [0.1, 0.15) is 0 Å². The lowest BCUT2D eigenvalue weighted by Gasteiger charge is -2.31. The van der Waals surface area contributed by atoms with E-state index in [4.69, 9.17) is 5.73 Å². The summed E-state index contributed by atoms with van der Waals surface area (Å²) in [5.74, 6) is 0. The minimum atomic E-state index is -2.29. The molecule has 0 radical (unpaired) electrons. The number of rotatable bonds is 2. The molecule has 2 rings (SSSR count). The van der Waals surface area contributed by atoms with E-state index in [-0.39, 0.29) is 6.54 Å². The van der Waals surface area contributed by atoms with Crippen molar-refractivity contribution >= 4 is 11.4 Å². The van der Waals surface area contributed by atoms with Crippen LogP contribution in [0.1, 0.15) is 12.0 Å². The fourth-order valence-corrected chi connectivity index (χ4v) is 2.08. The molecule has 1 heterocycles. The maximum absolute atomic E-state index is 12.3. The molecule has 0 spiro atoms. The highest BCUT2D eigenvalue weighted by Gasteiger charge is 2.20. The number of hydrogen-bond donors (Lipinski definition) is 1. The Kier molecular flexibility index (Phi) is 2.75. The summed E-state index contributed by atoms with van der Waals surface area (Å²) in [6, 6.07) is 5.51. The van der Waals surface area contributed by atoms with Crippen molar-refractivity contribution in [2.24, 2.45) is 0 Å². The third kappa shape index (κ3) is 2.03. The fourth-order valence-electron chi connectivity index (χ4n) is 2.08. The van der Waals surface area contributed by atoms with Crippen molar-refractivity contribution in [1.82, 2.24) is 0 Å². The maximum Gasteiger partial charge on any atom is 0.255 e. The van der Waals surface area contributed by atoms with Crippen LogP contribution in [0.3, 0.4) is 0 Å². The summed E-state index contributed by atoms with van der Waals surface area (Å²) >= 11 is 0. The first-order chi connectivity index (χ1) is 7.18. The van der Waals surface area contributed by atoms with Crippen molar-refractivity contribution in [3.8, 4) is 0 Å². The van der Waals surface area contributed by atoms with Crippen LogP contribution in [-0.2, 0) is 6.42 Å². The second-order valence-corrected chi connectivity index (χ2v) is 3.79. The first kappa shape index (κ1) is 10.2. The minimum absolute atomic E-state index is 0.198. The average molecular weight is 212 g/mol. The third-order valence-electron chi connectivity index (χ3n) is 2.74. The van der Waals surface area contributed by atoms with Gasteiger partial charge < -0.3 is 10.6 Å². The minimum Gasteiger partial charge on any atom is -0.398 e. The molecule has 0 aliphatic carbocycles. The molecule has 2 nitrogen and oxygen atoms in total. The lowest BCUT2D eigenvalue weighted by atomic mass is 10.00. The summed E-state index contributed by atoms with van der Waals surface area (Å²) in [5, 5.41) is 0. The largest absolute Gasteiger partial charge is 0.398 e. The van der Waals surface area contributed by atoms with Crippen LogP contribution in [0.5, 0.6) is 0 Å². The van der Waals surface area contributed by atoms with Crippen LogP contribution in [0.2, 0.25) is 0 Å².